The van der Waals surface area contributed by atoms with Crippen LogP contribution in [0.4, 0.5) is 4.79 Å². The highest BCUT2D eigenvalue weighted by atomic mass is 16.2. The largest absolute Gasteiger partial charge is 0.327 e. The quantitative estimate of drug-likeness (QED) is 0.595. The Morgan fingerprint density at radius 1 is 0.969 bits per heavy atom. The zero-order chi connectivity index (χ0) is 22.5. The monoisotopic (exact) mass is 431 g/mol. The lowest BCUT2D eigenvalue weighted by Crippen LogP contribution is -2.55. The van der Waals surface area contributed by atoms with Gasteiger partial charge < -0.3 is 4.90 Å². The van der Waals surface area contributed by atoms with E-state index in [9.17, 15) is 9.59 Å². The summed E-state index contributed by atoms with van der Waals surface area (Å²) in [6.07, 6.45) is 3.37. The number of piperidine rings is 1. The van der Waals surface area contributed by atoms with Gasteiger partial charge in [0, 0.05) is 45.5 Å². The topological polar surface area (TPSA) is 61.7 Å². The number of carbonyl (C=O) groups is 2. The van der Waals surface area contributed by atoms with Crippen LogP contribution in [-0.4, -0.2) is 62.1 Å². The number of nitrogens with zero attached hydrogens (tertiary/aromatic N) is 5. The van der Waals surface area contributed by atoms with Crippen molar-refractivity contribution in [3.05, 3.63) is 65.5 Å². The third-order valence-electron chi connectivity index (χ3n) is 7.15. The molecule has 0 unspecified atom stereocenters. The lowest BCUT2D eigenvalue weighted by atomic mass is 9.86. The Bertz CT molecular complexity index is 1190. The molecule has 5 rings (SSSR count). The summed E-state index contributed by atoms with van der Waals surface area (Å²) in [5, 5.41) is 6.70. The van der Waals surface area contributed by atoms with Crippen molar-refractivity contribution in [1.29, 1.82) is 0 Å². The van der Waals surface area contributed by atoms with E-state index in [1.165, 1.54) is 10.5 Å². The number of rotatable bonds is 4. The average Bonchev–Trinajstić information content (AvgIpc) is 3.19. The van der Waals surface area contributed by atoms with Gasteiger partial charge >= 0.3 is 6.03 Å². The molecule has 0 aliphatic carbocycles. The number of hydrogen-bond donors (Lipinski definition) is 0. The normalized spacial score (nSPS) is 19.0. The van der Waals surface area contributed by atoms with Crippen LogP contribution in [0.2, 0.25) is 0 Å². The second-order valence-electron chi connectivity index (χ2n) is 9.14. The van der Waals surface area contributed by atoms with Gasteiger partial charge in [-0.25, -0.2) is 4.79 Å². The number of fused-ring (bicyclic) bond motifs is 1. The summed E-state index contributed by atoms with van der Waals surface area (Å²) in [7, 11) is 3.71. The zero-order valence-corrected chi connectivity index (χ0v) is 18.9. The van der Waals surface area contributed by atoms with Crippen molar-refractivity contribution in [1.82, 2.24) is 24.5 Å². The molecule has 2 aliphatic heterocycles. The molecular formula is C25H29N5O2. The number of aromatic nitrogens is 2. The summed E-state index contributed by atoms with van der Waals surface area (Å²) in [6, 6.07) is 14.1. The van der Waals surface area contributed by atoms with Crippen molar-refractivity contribution in [2.24, 2.45) is 7.05 Å². The molecule has 32 heavy (non-hydrogen) atoms. The molecule has 0 atom stereocenters. The molecule has 0 N–H and O–H groups in total. The van der Waals surface area contributed by atoms with Crippen LogP contribution < -0.4 is 0 Å². The van der Waals surface area contributed by atoms with Gasteiger partial charge in [-0.05, 0) is 42.2 Å². The van der Waals surface area contributed by atoms with E-state index >= 15 is 0 Å². The number of urea groups is 1. The van der Waals surface area contributed by atoms with Crippen LogP contribution in [-0.2, 0) is 24.9 Å². The maximum atomic E-state index is 13.5. The van der Waals surface area contributed by atoms with E-state index in [1.807, 2.05) is 42.9 Å². The first-order valence-corrected chi connectivity index (χ1v) is 11.2. The Hall–Kier alpha value is -3.19. The fraction of sp³-hybridized carbons (Fsp3) is 0.400. The number of likely N-dealkylation sites (N-methyl/N-ethyl adjacent to an activating group) is 1. The summed E-state index contributed by atoms with van der Waals surface area (Å²) >= 11 is 0. The predicted molar refractivity (Wildman–Crippen MR) is 123 cm³/mol. The van der Waals surface area contributed by atoms with E-state index in [0.717, 1.165) is 41.7 Å². The van der Waals surface area contributed by atoms with Gasteiger partial charge in [0.05, 0.1) is 12.2 Å². The van der Waals surface area contributed by atoms with Gasteiger partial charge in [-0.1, -0.05) is 36.4 Å². The molecule has 1 spiro atoms. The van der Waals surface area contributed by atoms with Crippen molar-refractivity contribution in [2.75, 3.05) is 20.1 Å². The Kier molecular flexibility index (Phi) is 5.01. The molecule has 3 heterocycles. The van der Waals surface area contributed by atoms with Crippen molar-refractivity contribution in [2.45, 2.75) is 38.4 Å². The fourth-order valence-corrected chi connectivity index (χ4v) is 5.18. The lowest BCUT2D eigenvalue weighted by Gasteiger charge is -2.40. The van der Waals surface area contributed by atoms with Crippen LogP contribution in [0.5, 0.6) is 0 Å². The Morgan fingerprint density at radius 2 is 1.69 bits per heavy atom. The molecule has 0 saturated carbocycles. The molecule has 0 radical (unpaired) electrons. The first-order valence-electron chi connectivity index (χ1n) is 11.2. The van der Waals surface area contributed by atoms with Gasteiger partial charge in [0.1, 0.15) is 5.54 Å². The molecule has 0 bridgehead atoms. The molecule has 2 saturated heterocycles. The number of imide groups is 1. The van der Waals surface area contributed by atoms with Crippen molar-refractivity contribution < 1.29 is 9.59 Å². The standard InChI is InChI=1S/C25H29N5O2/c1-18-22(16-27(2)26-18)17-29-12-10-25(11-13-29)23(31)30(24(32)28(25)3)15-19-8-9-20-6-4-5-7-21(20)14-19/h4-9,14,16H,10-13,15,17H2,1-3H3. The number of carbonyl (C=O) groups excluding carboxylic acids is 2. The lowest BCUT2D eigenvalue weighted by molar-refractivity contribution is -0.135. The second-order valence-corrected chi connectivity index (χ2v) is 9.14. The highest BCUT2D eigenvalue weighted by Crippen LogP contribution is 2.37. The summed E-state index contributed by atoms with van der Waals surface area (Å²) in [5.74, 6) is -0.0598. The molecule has 7 nitrogen and oxygen atoms in total. The fourth-order valence-electron chi connectivity index (χ4n) is 5.18. The molecule has 166 valence electrons. The molecule has 2 aromatic carbocycles. The number of amides is 3. The third-order valence-corrected chi connectivity index (χ3v) is 7.15. The van der Waals surface area contributed by atoms with Gasteiger partial charge in [-0.2, -0.15) is 5.10 Å². The Balaban J connectivity index is 1.30. The highest BCUT2D eigenvalue weighted by molar-refractivity contribution is 6.07. The number of benzene rings is 2. The van der Waals surface area contributed by atoms with Crippen LogP contribution >= 0.6 is 0 Å². The van der Waals surface area contributed by atoms with Crippen LogP contribution in [0.1, 0.15) is 29.7 Å². The minimum absolute atomic E-state index is 0.0598. The minimum atomic E-state index is -0.728. The predicted octanol–water partition coefficient (Wildman–Crippen LogP) is 3.31. The molecule has 1 aromatic heterocycles. The summed E-state index contributed by atoms with van der Waals surface area (Å²) in [6.45, 7) is 4.72. The highest BCUT2D eigenvalue weighted by Gasteiger charge is 2.56. The van der Waals surface area contributed by atoms with E-state index in [0.29, 0.717) is 19.4 Å². The van der Waals surface area contributed by atoms with Crippen LogP contribution in [0.3, 0.4) is 0 Å². The SMILES string of the molecule is Cc1nn(C)cc1CN1CCC2(CC1)C(=O)N(Cc1ccc3ccccc3c1)C(=O)N2C. The smallest absolute Gasteiger partial charge is 0.312 e. The van der Waals surface area contributed by atoms with Gasteiger partial charge in [-0.3, -0.25) is 19.3 Å². The minimum Gasteiger partial charge on any atom is -0.312 e. The molecule has 7 heteroatoms. The van der Waals surface area contributed by atoms with Gasteiger partial charge in [0.25, 0.3) is 5.91 Å². The summed E-state index contributed by atoms with van der Waals surface area (Å²) in [4.78, 5) is 32.1. The van der Waals surface area contributed by atoms with Crippen LogP contribution in [0.15, 0.2) is 48.7 Å². The number of hydrogen-bond acceptors (Lipinski definition) is 4. The summed E-state index contributed by atoms with van der Waals surface area (Å²) < 4.78 is 1.84. The number of likely N-dealkylation sites (tertiary alicyclic amines) is 1. The van der Waals surface area contributed by atoms with E-state index in [1.54, 1.807) is 11.9 Å². The van der Waals surface area contributed by atoms with E-state index in [4.69, 9.17) is 0 Å². The summed E-state index contributed by atoms with van der Waals surface area (Å²) in [5.41, 5.74) is 2.50. The van der Waals surface area contributed by atoms with E-state index in [2.05, 4.69) is 34.4 Å². The Labute approximate surface area is 188 Å². The van der Waals surface area contributed by atoms with Crippen molar-refractivity contribution in [3.8, 4) is 0 Å². The second kappa shape index (κ2) is 7.74. The maximum absolute atomic E-state index is 13.5. The van der Waals surface area contributed by atoms with Crippen LogP contribution in [0, 0.1) is 6.92 Å². The first kappa shape index (κ1) is 20.7. The van der Waals surface area contributed by atoms with E-state index in [-0.39, 0.29) is 11.9 Å². The molecule has 2 fully saturated rings. The Morgan fingerprint density at radius 3 is 2.38 bits per heavy atom. The first-order chi connectivity index (χ1) is 15.4. The van der Waals surface area contributed by atoms with Crippen molar-refractivity contribution >= 4 is 22.7 Å². The third kappa shape index (κ3) is 3.37. The molecule has 3 amide bonds. The number of aryl methyl sites for hydroxylation is 2. The van der Waals surface area contributed by atoms with Gasteiger partial charge in [0.2, 0.25) is 0 Å². The average molecular weight is 432 g/mol. The maximum Gasteiger partial charge on any atom is 0.327 e. The zero-order valence-electron chi connectivity index (χ0n) is 18.9. The van der Waals surface area contributed by atoms with Gasteiger partial charge in [-0.15, -0.1) is 0 Å². The van der Waals surface area contributed by atoms with Gasteiger partial charge in [0.15, 0.2) is 0 Å². The molecule has 3 aromatic rings. The molecule has 2 aliphatic rings. The van der Waals surface area contributed by atoms with E-state index < -0.39 is 5.54 Å². The van der Waals surface area contributed by atoms with Crippen molar-refractivity contribution in [3.63, 3.8) is 0 Å². The molecular weight excluding hydrogens is 402 g/mol. The van der Waals surface area contributed by atoms with Crippen LogP contribution in [0.25, 0.3) is 10.8 Å².